The van der Waals surface area contributed by atoms with Crippen LogP contribution in [-0.4, -0.2) is 57.2 Å². The molecule has 1 amide bonds. The van der Waals surface area contributed by atoms with Gasteiger partial charge in [0.25, 0.3) is 11.5 Å². The van der Waals surface area contributed by atoms with Gasteiger partial charge in [0, 0.05) is 84.7 Å². The summed E-state index contributed by atoms with van der Waals surface area (Å²) in [7, 11) is 1.61. The Hall–Kier alpha value is -3.47. The van der Waals surface area contributed by atoms with E-state index < -0.39 is 6.10 Å². The molecule has 1 aromatic carbocycles. The van der Waals surface area contributed by atoms with Crippen molar-refractivity contribution in [3.63, 3.8) is 0 Å². The molecule has 190 valence electrons. The first-order chi connectivity index (χ1) is 17.9. The van der Waals surface area contributed by atoms with Crippen LogP contribution in [0.15, 0.2) is 52.3 Å². The van der Waals surface area contributed by atoms with E-state index >= 15 is 0 Å². The van der Waals surface area contributed by atoms with Gasteiger partial charge < -0.3 is 19.5 Å². The van der Waals surface area contributed by atoms with Gasteiger partial charge in [0.05, 0.1) is 16.8 Å². The Balaban J connectivity index is 1.37. The number of hydrogen-bond acceptors (Lipinski definition) is 7. The number of aryl methyl sites for hydroxylation is 1. The number of nitrogens with zero attached hydrogens (tertiary/aromatic N) is 4. The van der Waals surface area contributed by atoms with Gasteiger partial charge in [0.2, 0.25) is 0 Å². The van der Waals surface area contributed by atoms with Gasteiger partial charge >= 0.3 is 5.69 Å². The molecular weight excluding hydrogens is 514 g/mol. The monoisotopic (exact) mass is 537 g/mol. The molecule has 1 saturated heterocycles. The summed E-state index contributed by atoms with van der Waals surface area (Å²) in [5.41, 5.74) is 2.60. The van der Waals surface area contributed by atoms with E-state index in [4.69, 9.17) is 16.3 Å². The Labute approximate surface area is 220 Å². The standard InChI is InChI=1S/C26H24ClN5O4S/c1-30-7-3-22(33)32(26(30)35)14-17-13-20-24(37-17)18(2-4-29-20)19-12-16(27)10-15-11-21(36-23(15)19)25(34)31-8-5-28-6-9-31/h2-4,7,10,12-13,21,28H,5-6,8-9,11,14H2,1H3. The van der Waals surface area contributed by atoms with Crippen LogP contribution in [-0.2, 0) is 24.8 Å². The largest absolute Gasteiger partial charge is 0.479 e. The number of hydrogen-bond donors (Lipinski definition) is 1. The smallest absolute Gasteiger partial charge is 0.331 e. The molecule has 0 bridgehead atoms. The maximum Gasteiger partial charge on any atom is 0.331 e. The van der Waals surface area contributed by atoms with E-state index in [0.29, 0.717) is 30.3 Å². The third-order valence-electron chi connectivity index (χ3n) is 6.81. The average Bonchev–Trinajstić information content (AvgIpc) is 3.52. The molecule has 3 aromatic heterocycles. The van der Waals surface area contributed by atoms with Crippen molar-refractivity contribution in [2.24, 2.45) is 7.05 Å². The van der Waals surface area contributed by atoms with Gasteiger partial charge in [-0.25, -0.2) is 4.79 Å². The molecule has 1 atom stereocenters. The van der Waals surface area contributed by atoms with Crippen molar-refractivity contribution in [1.29, 1.82) is 0 Å². The van der Waals surface area contributed by atoms with Crippen molar-refractivity contribution in [2.75, 3.05) is 26.2 Å². The lowest BCUT2D eigenvalue weighted by Gasteiger charge is -2.29. The average molecular weight is 538 g/mol. The SMILES string of the molecule is Cn1ccc(=O)n(Cc2cc3nccc(-c4cc(Cl)cc5c4OC(C(=O)N4CCNCC4)C5)c3s2)c1=O. The molecule has 0 radical (unpaired) electrons. The van der Waals surface area contributed by atoms with Crippen molar-refractivity contribution in [1.82, 2.24) is 24.3 Å². The second-order valence-electron chi connectivity index (χ2n) is 9.25. The Morgan fingerprint density at radius 2 is 2.00 bits per heavy atom. The van der Waals surface area contributed by atoms with E-state index in [-0.39, 0.29) is 23.7 Å². The van der Waals surface area contributed by atoms with Gasteiger partial charge in [-0.3, -0.25) is 19.1 Å². The molecule has 6 rings (SSSR count). The summed E-state index contributed by atoms with van der Waals surface area (Å²) in [6, 6.07) is 8.88. The maximum atomic E-state index is 13.1. The molecule has 9 nitrogen and oxygen atoms in total. The molecule has 0 spiro atoms. The number of amides is 1. The molecule has 1 fully saturated rings. The molecule has 0 aliphatic carbocycles. The molecule has 1 N–H and O–H groups in total. The molecule has 1 unspecified atom stereocenters. The summed E-state index contributed by atoms with van der Waals surface area (Å²) in [5, 5.41) is 3.83. The quantitative estimate of drug-likeness (QED) is 0.429. The fraction of sp³-hybridized carbons (Fsp3) is 0.308. The number of carbonyl (C=O) groups is 1. The van der Waals surface area contributed by atoms with Crippen LogP contribution < -0.4 is 21.3 Å². The molecule has 0 saturated carbocycles. The first-order valence-corrected chi connectivity index (χ1v) is 13.2. The fourth-order valence-electron chi connectivity index (χ4n) is 4.94. The lowest BCUT2D eigenvalue weighted by Crippen LogP contribution is -2.50. The highest BCUT2D eigenvalue weighted by atomic mass is 35.5. The molecule has 5 heterocycles. The topological polar surface area (TPSA) is 98.5 Å². The van der Waals surface area contributed by atoms with E-state index in [1.54, 1.807) is 13.2 Å². The zero-order chi connectivity index (χ0) is 25.7. The minimum atomic E-state index is -0.581. The molecule has 2 aliphatic rings. The summed E-state index contributed by atoms with van der Waals surface area (Å²) in [6.07, 6.45) is 3.07. The Morgan fingerprint density at radius 1 is 1.19 bits per heavy atom. The zero-order valence-electron chi connectivity index (χ0n) is 20.1. The third-order valence-corrected chi connectivity index (χ3v) is 8.17. The normalized spacial score (nSPS) is 17.1. The van der Waals surface area contributed by atoms with Crippen LogP contribution >= 0.6 is 22.9 Å². The highest BCUT2D eigenvalue weighted by Crippen LogP contribution is 2.44. The number of carbonyl (C=O) groups excluding carboxylic acids is 1. The lowest BCUT2D eigenvalue weighted by molar-refractivity contribution is -0.138. The van der Waals surface area contributed by atoms with Crippen LogP contribution in [0.1, 0.15) is 10.4 Å². The van der Waals surface area contributed by atoms with Gasteiger partial charge in [-0.05, 0) is 24.3 Å². The molecule has 4 aromatic rings. The number of nitrogens with one attached hydrogen (secondary N) is 1. The summed E-state index contributed by atoms with van der Waals surface area (Å²) < 4.78 is 9.76. The number of ether oxygens (including phenoxy) is 1. The van der Waals surface area contributed by atoms with Gasteiger partial charge in [0.15, 0.2) is 6.10 Å². The second-order valence-corrected chi connectivity index (χ2v) is 10.8. The predicted molar refractivity (Wildman–Crippen MR) is 143 cm³/mol. The van der Waals surface area contributed by atoms with Crippen LogP contribution in [0.2, 0.25) is 5.02 Å². The molecular formula is C26H24ClN5O4S. The van der Waals surface area contributed by atoms with Crippen molar-refractivity contribution >= 4 is 39.1 Å². The van der Waals surface area contributed by atoms with Gasteiger partial charge in [-0.2, -0.15) is 0 Å². The van der Waals surface area contributed by atoms with E-state index in [9.17, 15) is 14.4 Å². The Bertz CT molecular complexity index is 1650. The van der Waals surface area contributed by atoms with Crippen molar-refractivity contribution in [3.05, 3.63) is 79.0 Å². The van der Waals surface area contributed by atoms with E-state index in [1.807, 2.05) is 29.2 Å². The van der Waals surface area contributed by atoms with Gasteiger partial charge in [0.1, 0.15) is 5.75 Å². The summed E-state index contributed by atoms with van der Waals surface area (Å²) in [6.45, 7) is 3.04. The van der Waals surface area contributed by atoms with E-state index in [1.165, 1.54) is 32.7 Å². The summed E-state index contributed by atoms with van der Waals surface area (Å²) in [5.74, 6) is 0.654. The van der Waals surface area contributed by atoms with Crippen molar-refractivity contribution in [2.45, 2.75) is 19.1 Å². The van der Waals surface area contributed by atoms with Crippen LogP contribution in [0.5, 0.6) is 5.75 Å². The summed E-state index contributed by atoms with van der Waals surface area (Å²) in [4.78, 5) is 45.2. The minimum absolute atomic E-state index is 0.00654. The van der Waals surface area contributed by atoms with Crippen LogP contribution in [0.4, 0.5) is 0 Å². The van der Waals surface area contributed by atoms with Gasteiger partial charge in [-0.15, -0.1) is 11.3 Å². The number of piperazine rings is 1. The van der Waals surface area contributed by atoms with Crippen molar-refractivity contribution in [3.8, 4) is 16.9 Å². The van der Waals surface area contributed by atoms with Crippen LogP contribution in [0.25, 0.3) is 21.3 Å². The number of thiophene rings is 1. The minimum Gasteiger partial charge on any atom is -0.479 e. The number of aromatic nitrogens is 3. The van der Waals surface area contributed by atoms with Crippen LogP contribution in [0, 0.1) is 0 Å². The summed E-state index contributed by atoms with van der Waals surface area (Å²) >= 11 is 7.99. The number of fused-ring (bicyclic) bond motifs is 2. The zero-order valence-corrected chi connectivity index (χ0v) is 21.6. The number of pyridine rings is 1. The number of benzene rings is 1. The van der Waals surface area contributed by atoms with Crippen LogP contribution in [0.3, 0.4) is 0 Å². The fourth-order valence-corrected chi connectivity index (χ4v) is 6.32. The van der Waals surface area contributed by atoms with Gasteiger partial charge in [-0.1, -0.05) is 11.6 Å². The maximum absolute atomic E-state index is 13.1. The third kappa shape index (κ3) is 4.35. The highest BCUT2D eigenvalue weighted by molar-refractivity contribution is 7.19. The van der Waals surface area contributed by atoms with E-state index in [0.717, 1.165) is 44.9 Å². The number of rotatable bonds is 4. The Morgan fingerprint density at radius 3 is 2.81 bits per heavy atom. The highest BCUT2D eigenvalue weighted by Gasteiger charge is 2.35. The molecule has 2 aliphatic heterocycles. The second kappa shape index (κ2) is 9.44. The van der Waals surface area contributed by atoms with Crippen molar-refractivity contribution < 1.29 is 9.53 Å². The molecule has 11 heteroatoms. The molecule has 37 heavy (non-hydrogen) atoms. The Kier molecular flexibility index (Phi) is 6.10. The first-order valence-electron chi connectivity index (χ1n) is 12.0. The van der Waals surface area contributed by atoms with E-state index in [2.05, 4.69) is 10.3 Å². The first kappa shape index (κ1) is 23.9. The number of halogens is 1. The predicted octanol–water partition coefficient (Wildman–Crippen LogP) is 2.26. The lowest BCUT2D eigenvalue weighted by atomic mass is 10.0.